The summed E-state index contributed by atoms with van der Waals surface area (Å²) in [6.07, 6.45) is 0.185. The average Bonchev–Trinajstić information content (AvgIpc) is 2.71. The quantitative estimate of drug-likeness (QED) is 0.801. The molecule has 1 aromatic heterocycles. The number of methoxy groups -OCH3 is 3. The molecule has 1 heterocycles. The molecule has 1 aliphatic rings. The van der Waals surface area contributed by atoms with E-state index in [-0.39, 0.29) is 18.4 Å². The first kappa shape index (κ1) is 18.6. The van der Waals surface area contributed by atoms with E-state index in [0.29, 0.717) is 28.4 Å². The molecule has 3 rings (SSSR count). The van der Waals surface area contributed by atoms with Crippen LogP contribution in [0.3, 0.4) is 0 Å². The highest BCUT2D eigenvalue weighted by molar-refractivity contribution is 5.83. The Kier molecular flexibility index (Phi) is 5.25. The van der Waals surface area contributed by atoms with Gasteiger partial charge in [0.05, 0.1) is 44.4 Å². The number of para-hydroxylation sites is 1. The molecule has 8 nitrogen and oxygen atoms in total. The number of ether oxygens (including phenoxy) is 3. The summed E-state index contributed by atoms with van der Waals surface area (Å²) in [5, 5.41) is 0. The monoisotopic (exact) mass is 372 g/mol. The molecule has 27 heavy (non-hydrogen) atoms. The predicted octanol–water partition coefficient (Wildman–Crippen LogP) is 1.12. The van der Waals surface area contributed by atoms with Gasteiger partial charge in [-0.1, -0.05) is 12.1 Å². The third kappa shape index (κ3) is 3.42. The molecule has 1 N–H and O–H groups in total. The van der Waals surface area contributed by atoms with Crippen LogP contribution in [0.5, 0.6) is 5.75 Å². The SMILES string of the molecule is COC(=O)C1Cc2nc(-c3ccccc3OC)[nH]c(=O)c2CC1C(=O)OC. The molecule has 0 spiro atoms. The number of rotatable bonds is 4. The van der Waals surface area contributed by atoms with Crippen molar-refractivity contribution in [2.45, 2.75) is 12.8 Å². The van der Waals surface area contributed by atoms with E-state index in [0.717, 1.165) is 0 Å². The number of fused-ring (bicyclic) bond motifs is 1. The maximum absolute atomic E-state index is 12.7. The van der Waals surface area contributed by atoms with Crippen molar-refractivity contribution in [3.8, 4) is 17.1 Å². The molecule has 0 amide bonds. The van der Waals surface area contributed by atoms with Crippen molar-refractivity contribution in [2.24, 2.45) is 11.8 Å². The van der Waals surface area contributed by atoms with Gasteiger partial charge >= 0.3 is 11.9 Å². The molecule has 8 heteroatoms. The van der Waals surface area contributed by atoms with E-state index in [1.165, 1.54) is 21.3 Å². The van der Waals surface area contributed by atoms with Crippen molar-refractivity contribution in [1.82, 2.24) is 9.97 Å². The summed E-state index contributed by atoms with van der Waals surface area (Å²) in [6, 6.07) is 7.16. The summed E-state index contributed by atoms with van der Waals surface area (Å²) in [5.41, 5.74) is 1.13. The summed E-state index contributed by atoms with van der Waals surface area (Å²) >= 11 is 0. The van der Waals surface area contributed by atoms with Gasteiger partial charge in [-0.25, -0.2) is 4.98 Å². The van der Waals surface area contributed by atoms with Crippen molar-refractivity contribution < 1.29 is 23.8 Å². The lowest BCUT2D eigenvalue weighted by Crippen LogP contribution is -2.40. The fraction of sp³-hybridized carbons (Fsp3) is 0.368. The molecule has 0 fully saturated rings. The van der Waals surface area contributed by atoms with Gasteiger partial charge in [0, 0.05) is 12.0 Å². The fourth-order valence-corrected chi connectivity index (χ4v) is 3.40. The van der Waals surface area contributed by atoms with Gasteiger partial charge in [-0.05, 0) is 18.6 Å². The van der Waals surface area contributed by atoms with Gasteiger partial charge < -0.3 is 19.2 Å². The van der Waals surface area contributed by atoms with Gasteiger partial charge in [0.25, 0.3) is 5.56 Å². The van der Waals surface area contributed by atoms with Crippen LogP contribution in [0.25, 0.3) is 11.4 Å². The fourth-order valence-electron chi connectivity index (χ4n) is 3.40. The minimum absolute atomic E-state index is 0.0658. The van der Waals surface area contributed by atoms with E-state index in [1.54, 1.807) is 12.1 Å². The van der Waals surface area contributed by atoms with Crippen LogP contribution in [0.2, 0.25) is 0 Å². The minimum atomic E-state index is -0.782. The van der Waals surface area contributed by atoms with Gasteiger partial charge in [-0.15, -0.1) is 0 Å². The molecule has 0 saturated heterocycles. The molecule has 0 aliphatic heterocycles. The van der Waals surface area contributed by atoms with Crippen LogP contribution in [0, 0.1) is 11.8 Å². The number of hydrogen-bond donors (Lipinski definition) is 1. The number of carbonyl (C=O) groups is 2. The number of nitrogens with one attached hydrogen (secondary N) is 1. The van der Waals surface area contributed by atoms with Crippen LogP contribution in [0.4, 0.5) is 0 Å². The molecule has 2 unspecified atom stereocenters. The van der Waals surface area contributed by atoms with Crippen molar-refractivity contribution in [2.75, 3.05) is 21.3 Å². The van der Waals surface area contributed by atoms with Crippen molar-refractivity contribution in [1.29, 1.82) is 0 Å². The Hall–Kier alpha value is -3.16. The van der Waals surface area contributed by atoms with E-state index < -0.39 is 23.8 Å². The number of aromatic nitrogens is 2. The smallest absolute Gasteiger partial charge is 0.309 e. The van der Waals surface area contributed by atoms with Crippen molar-refractivity contribution in [3.63, 3.8) is 0 Å². The molecular weight excluding hydrogens is 352 g/mol. The Balaban J connectivity index is 2.09. The average molecular weight is 372 g/mol. The van der Waals surface area contributed by atoms with Gasteiger partial charge in [-0.2, -0.15) is 0 Å². The molecule has 0 radical (unpaired) electrons. The van der Waals surface area contributed by atoms with Crippen LogP contribution in [-0.4, -0.2) is 43.2 Å². The topological polar surface area (TPSA) is 108 Å². The molecule has 142 valence electrons. The normalized spacial score (nSPS) is 18.3. The maximum Gasteiger partial charge on any atom is 0.309 e. The third-order valence-electron chi connectivity index (χ3n) is 4.79. The highest BCUT2D eigenvalue weighted by atomic mass is 16.5. The summed E-state index contributed by atoms with van der Waals surface area (Å²) < 4.78 is 15.0. The Morgan fingerprint density at radius 1 is 1.04 bits per heavy atom. The highest BCUT2D eigenvalue weighted by Gasteiger charge is 2.41. The summed E-state index contributed by atoms with van der Waals surface area (Å²) in [4.78, 5) is 44.2. The van der Waals surface area contributed by atoms with Gasteiger partial charge in [0.2, 0.25) is 0 Å². The molecule has 1 aromatic carbocycles. The van der Waals surface area contributed by atoms with E-state index in [2.05, 4.69) is 9.97 Å². The van der Waals surface area contributed by atoms with E-state index in [9.17, 15) is 14.4 Å². The lowest BCUT2D eigenvalue weighted by atomic mass is 9.78. The van der Waals surface area contributed by atoms with Gasteiger partial charge in [-0.3, -0.25) is 14.4 Å². The molecule has 2 aromatic rings. The second-order valence-corrected chi connectivity index (χ2v) is 6.21. The number of nitrogens with zero attached hydrogens (tertiary/aromatic N) is 1. The number of carbonyl (C=O) groups excluding carboxylic acids is 2. The van der Waals surface area contributed by atoms with Crippen molar-refractivity contribution in [3.05, 3.63) is 45.9 Å². The predicted molar refractivity (Wildman–Crippen MR) is 95.3 cm³/mol. The summed E-state index contributed by atoms with van der Waals surface area (Å²) in [6.45, 7) is 0. The number of aromatic amines is 1. The van der Waals surface area contributed by atoms with Crippen LogP contribution < -0.4 is 10.3 Å². The number of benzene rings is 1. The van der Waals surface area contributed by atoms with Crippen LogP contribution >= 0.6 is 0 Å². The molecule has 0 saturated carbocycles. The number of hydrogen-bond acceptors (Lipinski definition) is 7. The lowest BCUT2D eigenvalue weighted by molar-refractivity contribution is -0.158. The Morgan fingerprint density at radius 3 is 2.30 bits per heavy atom. The Labute approximate surface area is 155 Å². The molecule has 2 atom stereocenters. The molecular formula is C19H20N2O6. The largest absolute Gasteiger partial charge is 0.496 e. The second-order valence-electron chi connectivity index (χ2n) is 6.21. The number of esters is 2. The Morgan fingerprint density at radius 2 is 1.67 bits per heavy atom. The third-order valence-corrected chi connectivity index (χ3v) is 4.79. The van der Waals surface area contributed by atoms with Gasteiger partial charge in [0.15, 0.2) is 0 Å². The van der Waals surface area contributed by atoms with Crippen LogP contribution in [0.15, 0.2) is 29.1 Å². The van der Waals surface area contributed by atoms with Crippen LogP contribution in [-0.2, 0) is 31.9 Å². The standard InChI is InChI=1S/C19H20N2O6/c1-25-15-7-5-4-6-10(15)16-20-14-9-12(19(24)27-3)11(18(23)26-2)8-13(14)17(22)21-16/h4-7,11-12H,8-9H2,1-3H3,(H,20,21,22). The first-order valence-corrected chi connectivity index (χ1v) is 8.41. The summed E-state index contributed by atoms with van der Waals surface area (Å²) in [5.74, 6) is -1.71. The first-order chi connectivity index (χ1) is 13.0. The van der Waals surface area contributed by atoms with Crippen LogP contribution in [0.1, 0.15) is 11.3 Å². The highest BCUT2D eigenvalue weighted by Crippen LogP contribution is 2.32. The maximum atomic E-state index is 12.7. The first-order valence-electron chi connectivity index (χ1n) is 8.41. The lowest BCUT2D eigenvalue weighted by Gasteiger charge is -2.28. The van der Waals surface area contributed by atoms with E-state index in [1.807, 2.05) is 12.1 Å². The molecule has 0 bridgehead atoms. The number of H-pyrrole nitrogens is 1. The zero-order valence-electron chi connectivity index (χ0n) is 15.3. The summed E-state index contributed by atoms with van der Waals surface area (Å²) in [7, 11) is 4.04. The van der Waals surface area contributed by atoms with E-state index >= 15 is 0 Å². The Bertz CT molecular complexity index is 936. The second kappa shape index (κ2) is 7.61. The van der Waals surface area contributed by atoms with E-state index in [4.69, 9.17) is 14.2 Å². The molecule has 1 aliphatic carbocycles. The zero-order valence-corrected chi connectivity index (χ0v) is 15.3. The minimum Gasteiger partial charge on any atom is -0.496 e. The van der Waals surface area contributed by atoms with Gasteiger partial charge in [0.1, 0.15) is 11.6 Å². The zero-order chi connectivity index (χ0) is 19.6. The van der Waals surface area contributed by atoms with Crippen molar-refractivity contribution >= 4 is 11.9 Å².